The number of nitrogens with zero attached hydrogens (tertiary/aromatic N) is 1. The molecule has 0 atom stereocenters. The largest absolute Gasteiger partial charge is 0.481 e. The van der Waals surface area contributed by atoms with Crippen molar-refractivity contribution in [1.29, 1.82) is 0 Å². The summed E-state index contributed by atoms with van der Waals surface area (Å²) in [5.74, 6) is 0.299. The van der Waals surface area contributed by atoms with Gasteiger partial charge in [-0.3, -0.25) is 4.79 Å². The number of pyridine rings is 1. The molecule has 0 spiro atoms. The highest BCUT2D eigenvalue weighted by Crippen LogP contribution is 2.18. The summed E-state index contributed by atoms with van der Waals surface area (Å²) in [6, 6.07) is 3.52. The van der Waals surface area contributed by atoms with Crippen LogP contribution >= 0.6 is 0 Å². The summed E-state index contributed by atoms with van der Waals surface area (Å²) < 4.78 is 5.08. The van der Waals surface area contributed by atoms with Crippen molar-refractivity contribution in [1.82, 2.24) is 15.3 Å². The van der Waals surface area contributed by atoms with E-state index in [0.717, 1.165) is 16.6 Å². The first-order valence-corrected chi connectivity index (χ1v) is 6.82. The van der Waals surface area contributed by atoms with E-state index in [-0.39, 0.29) is 5.91 Å². The average Bonchev–Trinajstić information content (AvgIpc) is 2.92. The van der Waals surface area contributed by atoms with Gasteiger partial charge in [-0.2, -0.15) is 0 Å². The van der Waals surface area contributed by atoms with Gasteiger partial charge in [-0.05, 0) is 18.2 Å². The zero-order valence-corrected chi connectivity index (χ0v) is 12.0. The quantitative estimate of drug-likeness (QED) is 0.914. The lowest BCUT2D eigenvalue weighted by atomic mass is 10.2. The fourth-order valence-corrected chi connectivity index (χ4v) is 2.09. The number of methoxy groups -OCH3 is 1. The molecule has 0 fully saturated rings. The summed E-state index contributed by atoms with van der Waals surface area (Å²) in [7, 11) is 1.56. The zero-order chi connectivity index (χ0) is 15.4. The van der Waals surface area contributed by atoms with Gasteiger partial charge in [-0.15, -0.1) is 0 Å². The van der Waals surface area contributed by atoms with Crippen molar-refractivity contribution >= 4 is 16.8 Å². The van der Waals surface area contributed by atoms with E-state index in [2.05, 4.69) is 15.3 Å². The standard InChI is InChI=1S/C17H15N3O2/c1-22-16-10-14-12(11-18-16)9-15(20-14)17(21)19-13-7-5-3-2-4-6-8-13/h2-11,20H,1H3,(H,19,21). The van der Waals surface area contributed by atoms with E-state index in [1.807, 2.05) is 42.5 Å². The molecule has 0 aromatic carbocycles. The number of carbonyl (C=O) groups excluding carboxylic acids is 1. The Bertz CT molecular complexity index is 826. The van der Waals surface area contributed by atoms with Crippen LogP contribution < -0.4 is 10.1 Å². The van der Waals surface area contributed by atoms with Crippen LogP contribution in [-0.2, 0) is 0 Å². The second-order valence-electron chi connectivity index (χ2n) is 4.70. The molecule has 3 rings (SSSR count). The second-order valence-corrected chi connectivity index (χ2v) is 4.70. The van der Waals surface area contributed by atoms with Gasteiger partial charge in [0.15, 0.2) is 0 Å². The molecule has 2 aromatic heterocycles. The Morgan fingerprint density at radius 2 is 2.00 bits per heavy atom. The van der Waals surface area contributed by atoms with E-state index in [0.29, 0.717) is 11.6 Å². The number of nitrogens with one attached hydrogen (secondary N) is 2. The highest BCUT2D eigenvalue weighted by atomic mass is 16.5. The molecule has 110 valence electrons. The molecule has 5 heteroatoms. The molecule has 0 saturated carbocycles. The van der Waals surface area contributed by atoms with Gasteiger partial charge in [-0.1, -0.05) is 30.4 Å². The van der Waals surface area contributed by atoms with Crippen LogP contribution in [0.2, 0.25) is 0 Å². The molecular weight excluding hydrogens is 278 g/mol. The smallest absolute Gasteiger partial charge is 0.272 e. The number of rotatable bonds is 3. The molecule has 0 unspecified atom stereocenters. The van der Waals surface area contributed by atoms with E-state index >= 15 is 0 Å². The number of H-pyrrole nitrogens is 1. The number of hydrogen-bond donors (Lipinski definition) is 2. The first kappa shape index (κ1) is 13.9. The van der Waals surface area contributed by atoms with E-state index < -0.39 is 0 Å². The Labute approximate surface area is 127 Å². The number of aromatic nitrogens is 2. The fraction of sp³-hybridized carbons (Fsp3) is 0.0588. The van der Waals surface area contributed by atoms with Crippen molar-refractivity contribution < 1.29 is 9.53 Å². The molecule has 0 bridgehead atoms. The van der Waals surface area contributed by atoms with E-state index in [4.69, 9.17) is 4.74 Å². The monoisotopic (exact) mass is 293 g/mol. The third-order valence-corrected chi connectivity index (χ3v) is 3.19. The van der Waals surface area contributed by atoms with Crippen molar-refractivity contribution in [2.45, 2.75) is 0 Å². The van der Waals surface area contributed by atoms with Gasteiger partial charge in [0.1, 0.15) is 5.69 Å². The Balaban J connectivity index is 1.83. The molecule has 0 radical (unpaired) electrons. The summed E-state index contributed by atoms with van der Waals surface area (Å²) in [6.07, 6.45) is 14.8. The van der Waals surface area contributed by atoms with Crippen LogP contribution in [0.5, 0.6) is 5.88 Å². The summed E-state index contributed by atoms with van der Waals surface area (Å²) >= 11 is 0. The normalized spacial score (nSPS) is 13.6. The number of carbonyl (C=O) groups is 1. The van der Waals surface area contributed by atoms with Crippen molar-refractivity contribution in [3.05, 3.63) is 72.3 Å². The number of hydrogen-bond acceptors (Lipinski definition) is 3. The number of ether oxygens (including phenoxy) is 1. The molecule has 5 nitrogen and oxygen atoms in total. The zero-order valence-electron chi connectivity index (χ0n) is 12.0. The second kappa shape index (κ2) is 6.13. The van der Waals surface area contributed by atoms with E-state index in [1.54, 1.807) is 25.4 Å². The highest BCUT2D eigenvalue weighted by molar-refractivity contribution is 5.99. The van der Waals surface area contributed by atoms with Crippen LogP contribution in [0.4, 0.5) is 0 Å². The van der Waals surface area contributed by atoms with Gasteiger partial charge >= 0.3 is 0 Å². The van der Waals surface area contributed by atoms with E-state index in [9.17, 15) is 4.79 Å². The van der Waals surface area contributed by atoms with E-state index in [1.165, 1.54) is 0 Å². The predicted octanol–water partition coefficient (Wildman–Crippen LogP) is 2.87. The molecular formula is C17H15N3O2. The lowest BCUT2D eigenvalue weighted by molar-refractivity contribution is 0.0963. The Hall–Kier alpha value is -3.08. The van der Waals surface area contributed by atoms with Crippen LogP contribution in [0.3, 0.4) is 0 Å². The summed E-state index contributed by atoms with van der Waals surface area (Å²) in [6.45, 7) is 0. The Kier molecular flexibility index (Phi) is 3.87. The topological polar surface area (TPSA) is 67.0 Å². The maximum atomic E-state index is 12.3. The molecule has 22 heavy (non-hydrogen) atoms. The van der Waals surface area contributed by atoms with Gasteiger partial charge in [0.25, 0.3) is 5.91 Å². The highest BCUT2D eigenvalue weighted by Gasteiger charge is 2.11. The van der Waals surface area contributed by atoms with Crippen LogP contribution in [0, 0.1) is 0 Å². The van der Waals surface area contributed by atoms with Crippen molar-refractivity contribution in [3.8, 4) is 5.88 Å². The van der Waals surface area contributed by atoms with Crippen LogP contribution in [-0.4, -0.2) is 23.0 Å². The maximum absolute atomic E-state index is 12.3. The number of aromatic amines is 1. The molecule has 1 aliphatic rings. The molecule has 2 heterocycles. The number of amides is 1. The van der Waals surface area contributed by atoms with Crippen LogP contribution in [0.15, 0.2) is 66.6 Å². The van der Waals surface area contributed by atoms with Crippen molar-refractivity contribution in [2.75, 3.05) is 7.11 Å². The number of allylic oxidation sites excluding steroid dienone is 7. The van der Waals surface area contributed by atoms with Crippen LogP contribution in [0.1, 0.15) is 10.5 Å². The lowest BCUT2D eigenvalue weighted by Gasteiger charge is -2.04. The van der Waals surface area contributed by atoms with Gasteiger partial charge < -0.3 is 15.0 Å². The van der Waals surface area contributed by atoms with Gasteiger partial charge in [0.05, 0.1) is 12.6 Å². The predicted molar refractivity (Wildman–Crippen MR) is 85.6 cm³/mol. The molecule has 1 aliphatic carbocycles. The molecule has 0 aliphatic heterocycles. The SMILES string of the molecule is COc1cc2[nH]c(C(=O)NC3=CC=CC=CC=C3)cc2cn1. The lowest BCUT2D eigenvalue weighted by Crippen LogP contribution is -2.22. The number of fused-ring (bicyclic) bond motifs is 1. The molecule has 2 aromatic rings. The molecule has 2 N–H and O–H groups in total. The first-order chi connectivity index (χ1) is 10.8. The minimum atomic E-state index is -0.205. The van der Waals surface area contributed by atoms with Gasteiger partial charge in [0.2, 0.25) is 5.88 Å². The summed E-state index contributed by atoms with van der Waals surface area (Å²) in [4.78, 5) is 19.5. The maximum Gasteiger partial charge on any atom is 0.272 e. The summed E-state index contributed by atoms with van der Waals surface area (Å²) in [5.41, 5.74) is 2.00. The Morgan fingerprint density at radius 1 is 1.18 bits per heavy atom. The summed E-state index contributed by atoms with van der Waals surface area (Å²) in [5, 5.41) is 3.72. The third-order valence-electron chi connectivity index (χ3n) is 3.19. The minimum absolute atomic E-state index is 0.205. The van der Waals surface area contributed by atoms with Gasteiger partial charge in [-0.25, -0.2) is 4.98 Å². The first-order valence-electron chi connectivity index (χ1n) is 6.82. The fourth-order valence-electron chi connectivity index (χ4n) is 2.09. The molecule has 0 saturated heterocycles. The minimum Gasteiger partial charge on any atom is -0.481 e. The van der Waals surface area contributed by atoms with Crippen molar-refractivity contribution in [3.63, 3.8) is 0 Å². The van der Waals surface area contributed by atoms with Crippen LogP contribution in [0.25, 0.3) is 10.9 Å². The van der Waals surface area contributed by atoms with Gasteiger partial charge in [0, 0.05) is 23.3 Å². The Morgan fingerprint density at radius 3 is 2.86 bits per heavy atom. The molecule has 1 amide bonds. The average molecular weight is 293 g/mol. The van der Waals surface area contributed by atoms with Crippen molar-refractivity contribution in [2.24, 2.45) is 0 Å². The third kappa shape index (κ3) is 2.98.